The molecule has 0 unspecified atom stereocenters. The number of phenolic OH excluding ortho intramolecular Hbond substituents is 1. The maximum absolute atomic E-state index is 12.2. The van der Waals surface area contributed by atoms with Crippen LogP contribution in [0.25, 0.3) is 5.69 Å². The van der Waals surface area contributed by atoms with E-state index < -0.39 is 17.3 Å². The number of nitrogens with one attached hydrogen (secondary N) is 2. The van der Waals surface area contributed by atoms with Gasteiger partial charge in [0.25, 0.3) is 11.5 Å². The zero-order valence-corrected chi connectivity index (χ0v) is 15.9. The first-order valence-corrected chi connectivity index (χ1v) is 8.67. The van der Waals surface area contributed by atoms with Crippen molar-refractivity contribution in [2.75, 3.05) is 7.11 Å². The highest BCUT2D eigenvalue weighted by Crippen LogP contribution is 2.22. The van der Waals surface area contributed by atoms with Crippen molar-refractivity contribution in [2.45, 2.75) is 0 Å². The maximum Gasteiger partial charge on any atom is 0.275 e. The molecule has 0 atom stereocenters. The molecule has 0 bridgehead atoms. The molecule has 0 saturated heterocycles. The first-order chi connectivity index (χ1) is 13.9. The lowest BCUT2D eigenvalue weighted by atomic mass is 10.2. The molecule has 0 fully saturated rings. The Kier molecular flexibility index (Phi) is 5.74. The minimum absolute atomic E-state index is 0.00938. The van der Waals surface area contributed by atoms with Crippen molar-refractivity contribution in [1.29, 1.82) is 0 Å². The van der Waals surface area contributed by atoms with Gasteiger partial charge in [-0.25, -0.2) is 5.43 Å². The molecule has 4 N–H and O–H groups in total. The number of aromatic amines is 1. The lowest BCUT2D eigenvalue weighted by Crippen LogP contribution is -2.21. The number of amides is 1. The molecule has 1 heterocycles. The summed E-state index contributed by atoms with van der Waals surface area (Å²) in [6, 6.07) is 12.6. The van der Waals surface area contributed by atoms with Gasteiger partial charge in [0.15, 0.2) is 4.77 Å². The fourth-order valence-corrected chi connectivity index (χ4v) is 2.81. The first kappa shape index (κ1) is 19.8. The van der Waals surface area contributed by atoms with Crippen LogP contribution in [0.15, 0.2) is 58.4 Å². The molecular formula is C19H16N4O5S. The lowest BCUT2D eigenvalue weighted by Gasteiger charge is -2.12. The third kappa shape index (κ3) is 4.17. The van der Waals surface area contributed by atoms with Gasteiger partial charge in [-0.2, -0.15) is 5.10 Å². The van der Waals surface area contributed by atoms with Gasteiger partial charge in [0.1, 0.15) is 17.1 Å². The molecule has 0 aliphatic carbocycles. The molecule has 3 aromatic rings. The number of hydrogen-bond donors (Lipinski definition) is 4. The number of nitrogens with zero attached hydrogens (tertiary/aromatic N) is 2. The van der Waals surface area contributed by atoms with Gasteiger partial charge in [-0.1, -0.05) is 18.2 Å². The number of benzene rings is 2. The number of rotatable bonds is 5. The fraction of sp³-hybridized carbons (Fsp3) is 0.0526. The molecule has 0 aliphatic heterocycles. The van der Waals surface area contributed by atoms with Crippen molar-refractivity contribution in [2.24, 2.45) is 5.10 Å². The normalized spacial score (nSPS) is 10.8. The van der Waals surface area contributed by atoms with E-state index in [2.05, 4.69) is 15.5 Å². The van der Waals surface area contributed by atoms with Crippen molar-refractivity contribution in [3.63, 3.8) is 0 Å². The number of H-pyrrole nitrogens is 1. The lowest BCUT2D eigenvalue weighted by molar-refractivity contribution is 0.0952. The maximum atomic E-state index is 12.2. The van der Waals surface area contributed by atoms with Crippen molar-refractivity contribution in [3.05, 3.63) is 74.8 Å². The number of methoxy groups -OCH3 is 1. The number of hydrazone groups is 1. The van der Waals surface area contributed by atoms with Crippen LogP contribution in [0.4, 0.5) is 0 Å². The summed E-state index contributed by atoms with van der Waals surface area (Å²) >= 11 is 5.15. The monoisotopic (exact) mass is 412 g/mol. The molecule has 0 radical (unpaired) electrons. The Bertz CT molecular complexity index is 1220. The highest BCUT2D eigenvalue weighted by atomic mass is 32.1. The van der Waals surface area contributed by atoms with Crippen LogP contribution in [0.2, 0.25) is 0 Å². The Morgan fingerprint density at radius 3 is 2.72 bits per heavy atom. The summed E-state index contributed by atoms with van der Waals surface area (Å²) in [6.45, 7) is 0. The third-order valence-electron chi connectivity index (χ3n) is 3.94. The van der Waals surface area contributed by atoms with Gasteiger partial charge >= 0.3 is 0 Å². The predicted octanol–water partition coefficient (Wildman–Crippen LogP) is 2.08. The molecular weight excluding hydrogens is 396 g/mol. The van der Waals surface area contributed by atoms with Crippen molar-refractivity contribution < 1.29 is 19.7 Å². The smallest absolute Gasteiger partial charge is 0.275 e. The Morgan fingerprint density at radius 2 is 2.00 bits per heavy atom. The SMILES string of the molecule is COc1cccc(-n2c(O)c(/C=N/NC(=O)c3ccccc3O)c(=O)[nH]c2=S)c1. The molecule has 148 valence electrons. The number of carbonyl (C=O) groups excluding carboxylic acids is 1. The molecule has 0 aliphatic rings. The van der Waals surface area contributed by atoms with E-state index in [1.165, 1.54) is 23.8 Å². The quantitative estimate of drug-likeness (QED) is 0.288. The molecule has 29 heavy (non-hydrogen) atoms. The van der Waals surface area contributed by atoms with Crippen LogP contribution in [0.1, 0.15) is 15.9 Å². The van der Waals surface area contributed by atoms with E-state index in [1.807, 2.05) is 0 Å². The van der Waals surface area contributed by atoms with Crippen molar-refractivity contribution >= 4 is 24.3 Å². The van der Waals surface area contributed by atoms with Gasteiger partial charge in [-0.15, -0.1) is 0 Å². The number of aromatic nitrogens is 2. The van der Waals surface area contributed by atoms with Crippen LogP contribution in [-0.2, 0) is 0 Å². The molecule has 10 heteroatoms. The Hall–Kier alpha value is -3.92. The summed E-state index contributed by atoms with van der Waals surface area (Å²) in [5.74, 6) is -0.837. The Balaban J connectivity index is 1.95. The highest BCUT2D eigenvalue weighted by Gasteiger charge is 2.14. The van der Waals surface area contributed by atoms with E-state index in [1.54, 1.807) is 36.4 Å². The fourth-order valence-electron chi connectivity index (χ4n) is 2.53. The van der Waals surface area contributed by atoms with Gasteiger partial charge in [0.2, 0.25) is 5.88 Å². The number of ether oxygens (including phenoxy) is 1. The van der Waals surface area contributed by atoms with E-state index in [0.29, 0.717) is 11.4 Å². The molecule has 1 aromatic heterocycles. The molecule has 0 spiro atoms. The summed E-state index contributed by atoms with van der Waals surface area (Å²) in [7, 11) is 1.50. The van der Waals surface area contributed by atoms with Crippen LogP contribution in [0, 0.1) is 4.77 Å². The average molecular weight is 412 g/mol. The second-order valence-electron chi connectivity index (χ2n) is 5.75. The van der Waals surface area contributed by atoms with Crippen LogP contribution in [0.3, 0.4) is 0 Å². The van der Waals surface area contributed by atoms with Crippen LogP contribution < -0.4 is 15.7 Å². The second kappa shape index (κ2) is 8.40. The first-order valence-electron chi connectivity index (χ1n) is 8.26. The minimum Gasteiger partial charge on any atom is -0.507 e. The van der Waals surface area contributed by atoms with E-state index >= 15 is 0 Å². The van der Waals surface area contributed by atoms with E-state index in [0.717, 1.165) is 6.21 Å². The number of aromatic hydroxyl groups is 2. The number of hydrogen-bond acceptors (Lipinski definition) is 7. The van der Waals surface area contributed by atoms with E-state index in [9.17, 15) is 19.8 Å². The van der Waals surface area contributed by atoms with Gasteiger partial charge in [-0.05, 0) is 36.5 Å². The number of phenols is 1. The summed E-state index contributed by atoms with van der Waals surface area (Å²) in [5, 5.41) is 24.0. The Morgan fingerprint density at radius 1 is 1.24 bits per heavy atom. The predicted molar refractivity (Wildman–Crippen MR) is 109 cm³/mol. The van der Waals surface area contributed by atoms with Crippen LogP contribution in [-0.4, -0.2) is 39.0 Å². The zero-order chi connectivity index (χ0) is 21.0. The number of carbonyl (C=O) groups is 1. The average Bonchev–Trinajstić information content (AvgIpc) is 2.70. The van der Waals surface area contributed by atoms with Crippen molar-refractivity contribution in [1.82, 2.24) is 15.0 Å². The summed E-state index contributed by atoms with van der Waals surface area (Å²) < 4.78 is 6.35. The van der Waals surface area contributed by atoms with Gasteiger partial charge < -0.3 is 14.9 Å². The summed E-state index contributed by atoms with van der Waals surface area (Å²) in [4.78, 5) is 26.7. The second-order valence-corrected chi connectivity index (χ2v) is 6.14. The van der Waals surface area contributed by atoms with Gasteiger partial charge in [0.05, 0.1) is 24.6 Å². The van der Waals surface area contributed by atoms with Crippen LogP contribution in [0.5, 0.6) is 17.4 Å². The minimum atomic E-state index is -0.688. The Labute approximate surface area is 169 Å². The molecule has 3 rings (SSSR count). The van der Waals surface area contributed by atoms with E-state index in [4.69, 9.17) is 17.0 Å². The third-order valence-corrected chi connectivity index (χ3v) is 4.23. The van der Waals surface area contributed by atoms with Crippen LogP contribution >= 0.6 is 12.2 Å². The summed E-state index contributed by atoms with van der Waals surface area (Å²) in [6.07, 6.45) is 0.984. The standard InChI is InChI=1S/C19H16N4O5S/c1-28-12-6-4-5-11(9-12)23-18(27)14(16(25)21-19(23)29)10-20-22-17(26)13-7-2-3-8-15(13)24/h2-10,24,27H,1H3,(H,22,26)(H,21,25,29)/b20-10+. The van der Waals surface area contributed by atoms with Crippen molar-refractivity contribution in [3.8, 4) is 23.1 Å². The zero-order valence-electron chi connectivity index (χ0n) is 15.1. The molecule has 2 aromatic carbocycles. The molecule has 9 nitrogen and oxygen atoms in total. The molecule has 1 amide bonds. The topological polar surface area (TPSA) is 129 Å². The van der Waals surface area contributed by atoms with Gasteiger partial charge in [0, 0.05) is 6.07 Å². The van der Waals surface area contributed by atoms with Gasteiger partial charge in [-0.3, -0.25) is 19.1 Å². The number of para-hydroxylation sites is 1. The molecule has 0 saturated carbocycles. The summed E-state index contributed by atoms with van der Waals surface area (Å²) in [5.41, 5.74) is 1.74. The van der Waals surface area contributed by atoms with E-state index in [-0.39, 0.29) is 21.6 Å². The highest BCUT2D eigenvalue weighted by molar-refractivity contribution is 7.71. The largest absolute Gasteiger partial charge is 0.507 e.